The Morgan fingerprint density at radius 1 is 1.37 bits per heavy atom. The predicted molar refractivity (Wildman–Crippen MR) is 77.6 cm³/mol. The van der Waals surface area contributed by atoms with Crippen LogP contribution in [0.5, 0.6) is 0 Å². The summed E-state index contributed by atoms with van der Waals surface area (Å²) in [7, 11) is 0. The molecule has 0 aliphatic heterocycles. The zero-order valence-corrected chi connectivity index (χ0v) is 11.9. The maximum atomic E-state index is 11.3. The summed E-state index contributed by atoms with van der Waals surface area (Å²) in [6.07, 6.45) is 0. The quantitative estimate of drug-likeness (QED) is 0.824. The lowest BCUT2D eigenvalue weighted by molar-refractivity contribution is 0.0699. The molecule has 0 unspecified atom stereocenters. The standard InChI is InChI=1S/C14H16N2O2S/c1-14(2,3)11-10(13(17)18)19-12(16-11)8-5-4-6-9(15)7-8/h4-7H,15H2,1-3H3,(H,17,18). The molecule has 100 valence electrons. The highest BCUT2D eigenvalue weighted by molar-refractivity contribution is 7.17. The number of thiazole rings is 1. The van der Waals surface area contributed by atoms with Gasteiger partial charge in [0.05, 0.1) is 5.69 Å². The van der Waals surface area contributed by atoms with Crippen molar-refractivity contribution in [3.8, 4) is 10.6 Å². The van der Waals surface area contributed by atoms with E-state index < -0.39 is 5.97 Å². The molecule has 5 heteroatoms. The maximum Gasteiger partial charge on any atom is 0.347 e. The highest BCUT2D eigenvalue weighted by Crippen LogP contribution is 2.34. The summed E-state index contributed by atoms with van der Waals surface area (Å²) in [6.45, 7) is 5.87. The smallest absolute Gasteiger partial charge is 0.347 e. The van der Waals surface area contributed by atoms with Crippen molar-refractivity contribution in [3.05, 3.63) is 34.8 Å². The number of rotatable bonds is 2. The minimum Gasteiger partial charge on any atom is -0.477 e. The number of hydrogen-bond acceptors (Lipinski definition) is 4. The second kappa shape index (κ2) is 4.66. The number of nitrogen functional groups attached to an aromatic ring is 1. The highest BCUT2D eigenvalue weighted by Gasteiger charge is 2.27. The molecule has 1 aromatic carbocycles. The minimum absolute atomic E-state index is 0.296. The Balaban J connectivity index is 2.58. The van der Waals surface area contributed by atoms with E-state index in [0.717, 1.165) is 5.56 Å². The van der Waals surface area contributed by atoms with E-state index in [2.05, 4.69) is 4.98 Å². The van der Waals surface area contributed by atoms with Gasteiger partial charge in [-0.1, -0.05) is 32.9 Å². The first-order valence-corrected chi connectivity index (χ1v) is 6.71. The van der Waals surface area contributed by atoms with Gasteiger partial charge in [-0.15, -0.1) is 11.3 Å². The molecule has 0 bridgehead atoms. The molecule has 3 N–H and O–H groups in total. The molecule has 0 saturated carbocycles. The van der Waals surface area contributed by atoms with Gasteiger partial charge in [-0.3, -0.25) is 0 Å². The van der Waals surface area contributed by atoms with Crippen molar-refractivity contribution in [2.24, 2.45) is 0 Å². The number of carbonyl (C=O) groups is 1. The summed E-state index contributed by atoms with van der Waals surface area (Å²) in [5, 5.41) is 9.98. The number of aromatic nitrogens is 1. The normalized spacial score (nSPS) is 11.5. The molecule has 4 nitrogen and oxygen atoms in total. The van der Waals surface area contributed by atoms with Gasteiger partial charge in [-0.2, -0.15) is 0 Å². The van der Waals surface area contributed by atoms with E-state index in [0.29, 0.717) is 21.3 Å². The van der Waals surface area contributed by atoms with Gasteiger partial charge in [-0.25, -0.2) is 9.78 Å². The molecule has 0 saturated heterocycles. The first-order chi connectivity index (χ1) is 8.79. The molecule has 1 aromatic heterocycles. The summed E-state index contributed by atoms with van der Waals surface area (Å²) in [5.41, 5.74) is 7.55. The zero-order valence-electron chi connectivity index (χ0n) is 11.1. The molecular weight excluding hydrogens is 260 g/mol. The second-order valence-electron chi connectivity index (χ2n) is 5.38. The molecule has 0 atom stereocenters. The SMILES string of the molecule is CC(C)(C)c1nc(-c2cccc(N)c2)sc1C(=O)O. The summed E-state index contributed by atoms with van der Waals surface area (Å²) in [5.74, 6) is -0.933. The average molecular weight is 276 g/mol. The zero-order chi connectivity index (χ0) is 14.2. The van der Waals surface area contributed by atoms with Crippen molar-refractivity contribution in [2.75, 3.05) is 5.73 Å². The molecule has 0 fully saturated rings. The van der Waals surface area contributed by atoms with Crippen molar-refractivity contribution in [3.63, 3.8) is 0 Å². The van der Waals surface area contributed by atoms with Crippen LogP contribution in [-0.4, -0.2) is 16.1 Å². The third-order valence-corrected chi connectivity index (χ3v) is 3.76. The first-order valence-electron chi connectivity index (χ1n) is 5.89. The molecule has 0 spiro atoms. The molecule has 2 rings (SSSR count). The summed E-state index contributed by atoms with van der Waals surface area (Å²) in [6, 6.07) is 7.31. The third kappa shape index (κ3) is 2.76. The number of carboxylic acid groups (broad SMARTS) is 1. The van der Waals surface area contributed by atoms with E-state index in [-0.39, 0.29) is 5.41 Å². The topological polar surface area (TPSA) is 76.2 Å². The third-order valence-electron chi connectivity index (χ3n) is 2.67. The summed E-state index contributed by atoms with van der Waals surface area (Å²) in [4.78, 5) is 16.1. The van der Waals surface area contributed by atoms with Crippen molar-refractivity contribution in [2.45, 2.75) is 26.2 Å². The van der Waals surface area contributed by atoms with Gasteiger partial charge >= 0.3 is 5.97 Å². The van der Waals surface area contributed by atoms with Crippen LogP contribution in [0.15, 0.2) is 24.3 Å². The number of benzene rings is 1. The molecule has 19 heavy (non-hydrogen) atoms. The molecule has 0 aliphatic carbocycles. The second-order valence-corrected chi connectivity index (χ2v) is 6.38. The van der Waals surface area contributed by atoms with Crippen LogP contribution in [0.2, 0.25) is 0 Å². The number of hydrogen-bond donors (Lipinski definition) is 2. The van der Waals surface area contributed by atoms with Gasteiger partial charge < -0.3 is 10.8 Å². The molecule has 1 heterocycles. The van der Waals surface area contributed by atoms with E-state index in [1.54, 1.807) is 12.1 Å². The fraction of sp³-hybridized carbons (Fsp3) is 0.286. The van der Waals surface area contributed by atoms with Crippen LogP contribution in [0.4, 0.5) is 5.69 Å². The predicted octanol–water partition coefficient (Wildman–Crippen LogP) is 3.39. The van der Waals surface area contributed by atoms with Crippen LogP contribution in [-0.2, 0) is 5.41 Å². The van der Waals surface area contributed by atoms with Crippen molar-refractivity contribution < 1.29 is 9.90 Å². The van der Waals surface area contributed by atoms with E-state index >= 15 is 0 Å². The van der Waals surface area contributed by atoms with Crippen molar-refractivity contribution in [1.82, 2.24) is 4.98 Å². The number of aromatic carboxylic acids is 1. The van der Waals surface area contributed by atoms with Crippen molar-refractivity contribution >= 4 is 23.0 Å². The largest absolute Gasteiger partial charge is 0.477 e. The number of anilines is 1. The Hall–Kier alpha value is -1.88. The Morgan fingerprint density at radius 3 is 2.53 bits per heavy atom. The van der Waals surface area contributed by atoms with E-state index in [1.165, 1.54) is 11.3 Å². The van der Waals surface area contributed by atoms with Gasteiger partial charge in [0.15, 0.2) is 0 Å². The Bertz CT molecular complexity index is 627. The van der Waals surface area contributed by atoms with Crippen LogP contribution < -0.4 is 5.73 Å². The van der Waals surface area contributed by atoms with E-state index in [9.17, 15) is 9.90 Å². The Morgan fingerprint density at radius 2 is 2.05 bits per heavy atom. The van der Waals surface area contributed by atoms with Crippen LogP contribution >= 0.6 is 11.3 Å². The molecular formula is C14H16N2O2S. The fourth-order valence-corrected chi connectivity index (χ4v) is 2.88. The lowest BCUT2D eigenvalue weighted by atomic mass is 9.91. The van der Waals surface area contributed by atoms with E-state index in [1.807, 2.05) is 32.9 Å². The van der Waals surface area contributed by atoms with Crippen LogP contribution in [0.1, 0.15) is 36.1 Å². The van der Waals surface area contributed by atoms with Gasteiger partial charge in [0.1, 0.15) is 9.88 Å². The first kappa shape index (κ1) is 13.5. The fourth-order valence-electron chi connectivity index (χ4n) is 1.77. The van der Waals surface area contributed by atoms with Crippen molar-refractivity contribution in [1.29, 1.82) is 0 Å². The van der Waals surface area contributed by atoms with Gasteiger partial charge in [0.25, 0.3) is 0 Å². The van der Waals surface area contributed by atoms with Crippen LogP contribution in [0, 0.1) is 0 Å². The summed E-state index contributed by atoms with van der Waals surface area (Å²) < 4.78 is 0. The summed E-state index contributed by atoms with van der Waals surface area (Å²) >= 11 is 1.19. The molecule has 0 aliphatic rings. The number of carboxylic acids is 1. The highest BCUT2D eigenvalue weighted by atomic mass is 32.1. The van der Waals surface area contributed by atoms with E-state index in [4.69, 9.17) is 5.73 Å². The van der Waals surface area contributed by atoms with Gasteiger partial charge in [-0.05, 0) is 12.1 Å². The maximum absolute atomic E-state index is 11.3. The Labute approximate surface area is 115 Å². The van der Waals surface area contributed by atoms with Gasteiger partial charge in [0, 0.05) is 16.7 Å². The Kier molecular flexibility index (Phi) is 3.32. The van der Waals surface area contributed by atoms with Crippen LogP contribution in [0.25, 0.3) is 10.6 Å². The average Bonchev–Trinajstić information content (AvgIpc) is 2.73. The molecule has 0 amide bonds. The number of nitrogens with zero attached hydrogens (tertiary/aromatic N) is 1. The van der Waals surface area contributed by atoms with Crippen LogP contribution in [0.3, 0.4) is 0 Å². The number of nitrogens with two attached hydrogens (primary N) is 1. The lowest BCUT2D eigenvalue weighted by Crippen LogP contribution is -2.16. The lowest BCUT2D eigenvalue weighted by Gasteiger charge is -2.16. The monoisotopic (exact) mass is 276 g/mol. The molecule has 2 aromatic rings. The molecule has 0 radical (unpaired) electrons. The van der Waals surface area contributed by atoms with Gasteiger partial charge in [0.2, 0.25) is 0 Å². The minimum atomic E-state index is -0.933.